The van der Waals surface area contributed by atoms with Crippen molar-refractivity contribution in [2.24, 2.45) is 0 Å². The summed E-state index contributed by atoms with van der Waals surface area (Å²) < 4.78 is 33.9. The summed E-state index contributed by atoms with van der Waals surface area (Å²) in [6.45, 7) is 0. The van der Waals surface area contributed by atoms with E-state index in [4.69, 9.17) is 4.42 Å². The van der Waals surface area contributed by atoms with Crippen LogP contribution in [0.15, 0.2) is 94.6 Å². The second-order valence-electron chi connectivity index (χ2n) is 7.32. The SMILES string of the molecule is O=C(C1=C(O)C(=O)N(c2ccc(F)cc2)C1c1ccccc1F)c1cc2ccccc2o1. The highest BCUT2D eigenvalue weighted by atomic mass is 19.1. The number of rotatable bonds is 4. The molecule has 1 amide bonds. The van der Waals surface area contributed by atoms with Crippen molar-refractivity contribution >= 4 is 28.3 Å². The summed E-state index contributed by atoms with van der Waals surface area (Å²) >= 11 is 0. The van der Waals surface area contributed by atoms with E-state index in [1.54, 1.807) is 30.3 Å². The van der Waals surface area contributed by atoms with Gasteiger partial charge in [-0.1, -0.05) is 36.4 Å². The summed E-state index contributed by atoms with van der Waals surface area (Å²) in [5.74, 6) is -3.74. The van der Waals surface area contributed by atoms with Gasteiger partial charge in [-0.3, -0.25) is 14.5 Å². The molecule has 4 aromatic rings. The highest BCUT2D eigenvalue weighted by Crippen LogP contribution is 2.43. The molecule has 1 N–H and O–H groups in total. The lowest BCUT2D eigenvalue weighted by Crippen LogP contribution is -2.31. The van der Waals surface area contributed by atoms with Crippen LogP contribution in [0.25, 0.3) is 11.0 Å². The minimum Gasteiger partial charge on any atom is -0.503 e. The van der Waals surface area contributed by atoms with E-state index in [0.717, 1.165) is 17.0 Å². The predicted molar refractivity (Wildman–Crippen MR) is 113 cm³/mol. The van der Waals surface area contributed by atoms with Crippen molar-refractivity contribution in [2.75, 3.05) is 4.90 Å². The van der Waals surface area contributed by atoms with Crippen molar-refractivity contribution < 1.29 is 27.9 Å². The zero-order valence-corrected chi connectivity index (χ0v) is 16.5. The Kier molecular flexibility index (Phi) is 4.59. The maximum Gasteiger partial charge on any atom is 0.294 e. The minimum absolute atomic E-state index is 0.00804. The normalized spacial score (nSPS) is 16.2. The molecule has 0 aliphatic carbocycles. The Morgan fingerprint density at radius 3 is 2.34 bits per heavy atom. The van der Waals surface area contributed by atoms with Gasteiger partial charge in [0.25, 0.3) is 5.91 Å². The average molecular weight is 431 g/mol. The summed E-state index contributed by atoms with van der Waals surface area (Å²) in [5.41, 5.74) is 0.346. The number of aliphatic hydroxyl groups excluding tert-OH is 1. The number of benzene rings is 3. The van der Waals surface area contributed by atoms with E-state index in [-0.39, 0.29) is 22.6 Å². The molecule has 0 saturated heterocycles. The van der Waals surface area contributed by atoms with Crippen molar-refractivity contribution in [2.45, 2.75) is 6.04 Å². The number of Topliss-reactive ketones (excluding diaryl/α,β-unsaturated/α-hetero) is 1. The molecule has 5 rings (SSSR count). The van der Waals surface area contributed by atoms with Crippen molar-refractivity contribution in [3.05, 3.63) is 113 Å². The molecule has 7 heteroatoms. The van der Waals surface area contributed by atoms with Crippen LogP contribution in [0.2, 0.25) is 0 Å². The van der Waals surface area contributed by atoms with Gasteiger partial charge in [-0.15, -0.1) is 0 Å². The lowest BCUT2D eigenvalue weighted by Gasteiger charge is -2.27. The van der Waals surface area contributed by atoms with E-state index in [2.05, 4.69) is 0 Å². The zero-order chi connectivity index (χ0) is 22.4. The first kappa shape index (κ1) is 19.7. The number of furan rings is 1. The number of hydrogen-bond acceptors (Lipinski definition) is 4. The molecule has 1 unspecified atom stereocenters. The molecule has 158 valence electrons. The minimum atomic E-state index is -1.27. The molecule has 0 bridgehead atoms. The number of halogens is 2. The third kappa shape index (κ3) is 3.06. The summed E-state index contributed by atoms with van der Waals surface area (Å²) in [6.07, 6.45) is 0. The second-order valence-corrected chi connectivity index (χ2v) is 7.32. The lowest BCUT2D eigenvalue weighted by molar-refractivity contribution is -0.117. The molecule has 0 radical (unpaired) electrons. The smallest absolute Gasteiger partial charge is 0.294 e. The molecule has 5 nitrogen and oxygen atoms in total. The molecule has 0 saturated carbocycles. The molecule has 2 heterocycles. The van der Waals surface area contributed by atoms with E-state index < -0.39 is 35.1 Å². The van der Waals surface area contributed by atoms with Gasteiger partial charge in [-0.25, -0.2) is 8.78 Å². The van der Waals surface area contributed by atoms with Gasteiger partial charge in [0.1, 0.15) is 17.2 Å². The van der Waals surface area contributed by atoms with Gasteiger partial charge in [0.2, 0.25) is 5.78 Å². The maximum atomic E-state index is 14.8. The number of para-hydroxylation sites is 1. The number of fused-ring (bicyclic) bond motifs is 1. The summed E-state index contributed by atoms with van der Waals surface area (Å²) in [5, 5.41) is 11.4. The first-order valence-electron chi connectivity index (χ1n) is 9.75. The first-order valence-corrected chi connectivity index (χ1v) is 9.75. The monoisotopic (exact) mass is 431 g/mol. The fourth-order valence-corrected chi connectivity index (χ4v) is 3.92. The summed E-state index contributed by atoms with van der Waals surface area (Å²) in [4.78, 5) is 27.5. The van der Waals surface area contributed by atoms with Crippen LogP contribution in [0.1, 0.15) is 22.2 Å². The summed E-state index contributed by atoms with van der Waals surface area (Å²) in [6, 6.07) is 17.8. The molecule has 1 aliphatic rings. The third-order valence-electron chi connectivity index (χ3n) is 5.41. The van der Waals surface area contributed by atoms with E-state index in [9.17, 15) is 23.5 Å². The average Bonchev–Trinajstić information content (AvgIpc) is 3.34. The van der Waals surface area contributed by atoms with Gasteiger partial charge in [-0.05, 0) is 42.5 Å². The number of carbonyl (C=O) groups excluding carboxylic acids is 2. The molecule has 32 heavy (non-hydrogen) atoms. The number of ketones is 1. The van der Waals surface area contributed by atoms with E-state index in [1.165, 1.54) is 36.4 Å². The van der Waals surface area contributed by atoms with Gasteiger partial charge in [0, 0.05) is 16.6 Å². The number of aliphatic hydroxyl groups is 1. The Balaban J connectivity index is 1.68. The van der Waals surface area contributed by atoms with Crippen LogP contribution >= 0.6 is 0 Å². The van der Waals surface area contributed by atoms with E-state index >= 15 is 0 Å². The van der Waals surface area contributed by atoms with Crippen LogP contribution in [-0.4, -0.2) is 16.8 Å². The van der Waals surface area contributed by atoms with Crippen LogP contribution in [0.4, 0.5) is 14.5 Å². The molecule has 1 aliphatic heterocycles. The van der Waals surface area contributed by atoms with Gasteiger partial charge >= 0.3 is 0 Å². The van der Waals surface area contributed by atoms with Gasteiger partial charge < -0.3 is 9.52 Å². The maximum absolute atomic E-state index is 14.8. The molecule has 1 atom stereocenters. The third-order valence-corrected chi connectivity index (χ3v) is 5.41. The van der Waals surface area contributed by atoms with Crippen LogP contribution in [0.5, 0.6) is 0 Å². The molecule has 0 spiro atoms. The number of anilines is 1. The Bertz CT molecular complexity index is 1370. The van der Waals surface area contributed by atoms with Crippen molar-refractivity contribution in [3.8, 4) is 0 Å². The lowest BCUT2D eigenvalue weighted by atomic mass is 9.94. The van der Waals surface area contributed by atoms with Crippen LogP contribution in [0.3, 0.4) is 0 Å². The van der Waals surface area contributed by atoms with Crippen LogP contribution in [-0.2, 0) is 4.79 Å². The Morgan fingerprint density at radius 1 is 0.938 bits per heavy atom. The standard InChI is InChI=1S/C25H15F2NO4/c26-15-9-11-16(12-10-15)28-22(17-6-2-3-7-18(17)27)21(24(30)25(28)31)23(29)20-13-14-5-1-4-8-19(14)32-20/h1-13,22,30H. The zero-order valence-electron chi connectivity index (χ0n) is 16.5. The second kappa shape index (κ2) is 7.46. The number of hydrogen-bond donors (Lipinski definition) is 1. The Hall–Kier alpha value is -4.26. The number of nitrogens with zero attached hydrogens (tertiary/aromatic N) is 1. The fraction of sp³-hybridized carbons (Fsp3) is 0.0400. The van der Waals surface area contributed by atoms with Gasteiger partial charge in [0.15, 0.2) is 11.5 Å². The Morgan fingerprint density at radius 2 is 1.62 bits per heavy atom. The highest BCUT2D eigenvalue weighted by Gasteiger charge is 2.46. The number of carbonyl (C=O) groups is 2. The molecular weight excluding hydrogens is 416 g/mol. The molecule has 3 aromatic carbocycles. The topological polar surface area (TPSA) is 70.8 Å². The largest absolute Gasteiger partial charge is 0.503 e. The Labute approximate surface area is 180 Å². The van der Waals surface area contributed by atoms with Crippen molar-refractivity contribution in [3.63, 3.8) is 0 Å². The van der Waals surface area contributed by atoms with Gasteiger partial charge in [0.05, 0.1) is 11.6 Å². The van der Waals surface area contributed by atoms with E-state index in [1.807, 2.05) is 0 Å². The van der Waals surface area contributed by atoms with Crippen LogP contribution < -0.4 is 4.90 Å². The molecule has 1 aromatic heterocycles. The quantitative estimate of drug-likeness (QED) is 0.434. The molecular formula is C25H15F2NO4. The predicted octanol–water partition coefficient (Wildman–Crippen LogP) is 5.49. The summed E-state index contributed by atoms with van der Waals surface area (Å²) in [7, 11) is 0. The molecule has 0 fully saturated rings. The van der Waals surface area contributed by atoms with Gasteiger partial charge in [-0.2, -0.15) is 0 Å². The first-order chi connectivity index (χ1) is 15.5. The van der Waals surface area contributed by atoms with Crippen molar-refractivity contribution in [1.29, 1.82) is 0 Å². The van der Waals surface area contributed by atoms with Crippen LogP contribution in [0, 0.1) is 11.6 Å². The fourth-order valence-electron chi connectivity index (χ4n) is 3.92. The van der Waals surface area contributed by atoms with E-state index in [0.29, 0.717) is 11.0 Å². The number of amides is 1. The van der Waals surface area contributed by atoms with Crippen molar-refractivity contribution in [1.82, 2.24) is 0 Å². The highest BCUT2D eigenvalue weighted by molar-refractivity contribution is 6.20.